The van der Waals surface area contributed by atoms with E-state index >= 15 is 0 Å². The van der Waals surface area contributed by atoms with Gasteiger partial charge in [-0.1, -0.05) is 28.1 Å². The Balaban J connectivity index is 2.42. The van der Waals surface area contributed by atoms with Gasteiger partial charge in [0.2, 0.25) is 0 Å². The van der Waals surface area contributed by atoms with Gasteiger partial charge in [0.05, 0.1) is 11.9 Å². The maximum atomic E-state index is 11.1. The Labute approximate surface area is 130 Å². The van der Waals surface area contributed by atoms with Gasteiger partial charge in [-0.25, -0.2) is 0 Å². The molecule has 0 fully saturated rings. The van der Waals surface area contributed by atoms with Crippen molar-refractivity contribution in [2.45, 2.75) is 23.7 Å². The van der Waals surface area contributed by atoms with Crippen molar-refractivity contribution < 1.29 is 15.0 Å². The predicted octanol–water partition coefficient (Wildman–Crippen LogP) is 3.76. The fourth-order valence-corrected chi connectivity index (χ4v) is 2.90. The number of fused-ring (bicyclic) bond motifs is 1. The maximum Gasteiger partial charge on any atom is 0.305 e. The van der Waals surface area contributed by atoms with Crippen LogP contribution in [-0.4, -0.2) is 31.5 Å². The summed E-state index contributed by atoms with van der Waals surface area (Å²) in [5.41, 5.74) is 0.825. The van der Waals surface area contributed by atoms with Crippen molar-refractivity contribution in [1.82, 2.24) is 4.57 Å². The van der Waals surface area contributed by atoms with E-state index in [9.17, 15) is 9.90 Å². The molecule has 0 amide bonds. The summed E-state index contributed by atoms with van der Waals surface area (Å²) in [6.45, 7) is 0. The molecule has 0 aliphatic heterocycles. The predicted molar refractivity (Wildman–Crippen MR) is 82.9 cm³/mol. The minimum absolute atomic E-state index is 0.0168. The Morgan fingerprint density at radius 1 is 1.40 bits per heavy atom. The van der Waals surface area contributed by atoms with E-state index in [1.54, 1.807) is 6.20 Å². The van der Waals surface area contributed by atoms with Crippen molar-refractivity contribution in [3.63, 3.8) is 0 Å². The molecular formula is C14H15BrClNO3. The van der Waals surface area contributed by atoms with Crippen LogP contribution < -0.4 is 0 Å². The molecule has 0 saturated heterocycles. The average Bonchev–Trinajstić information content (AvgIpc) is 2.75. The number of carbonyl (C=O) groups is 1. The fourth-order valence-electron chi connectivity index (χ4n) is 2.34. The molecule has 0 bridgehead atoms. The first-order valence-electron chi connectivity index (χ1n) is 6.23. The largest absolute Gasteiger partial charge is 0.506 e. The molecule has 2 aromatic rings. The Bertz CT molecular complexity index is 613. The molecule has 0 saturated carbocycles. The summed E-state index contributed by atoms with van der Waals surface area (Å²) in [6, 6.07) is 7.12. The van der Waals surface area contributed by atoms with E-state index < -0.39 is 5.97 Å². The van der Waals surface area contributed by atoms with Gasteiger partial charge in [-0.15, -0.1) is 11.6 Å². The van der Waals surface area contributed by atoms with Crippen molar-refractivity contribution in [2.24, 2.45) is 0 Å². The van der Waals surface area contributed by atoms with E-state index in [2.05, 4.69) is 15.9 Å². The summed E-state index contributed by atoms with van der Waals surface area (Å²) in [4.78, 5) is 11.1. The highest BCUT2D eigenvalue weighted by Crippen LogP contribution is 2.33. The number of carboxylic acid groups (broad SMARTS) is 1. The Kier molecular flexibility index (Phi) is 4.94. The zero-order valence-electron chi connectivity index (χ0n) is 10.7. The van der Waals surface area contributed by atoms with E-state index in [0.29, 0.717) is 12.3 Å². The van der Waals surface area contributed by atoms with Gasteiger partial charge in [0, 0.05) is 28.3 Å². The highest BCUT2D eigenvalue weighted by atomic mass is 79.9. The molecule has 6 heteroatoms. The van der Waals surface area contributed by atoms with Gasteiger partial charge in [-0.05, 0) is 18.6 Å². The van der Waals surface area contributed by atoms with Gasteiger partial charge in [-0.3, -0.25) is 4.79 Å². The lowest BCUT2D eigenvalue weighted by Gasteiger charge is -2.20. The smallest absolute Gasteiger partial charge is 0.305 e. The molecule has 2 rings (SSSR count). The maximum absolute atomic E-state index is 11.1. The van der Waals surface area contributed by atoms with Crippen molar-refractivity contribution in [3.8, 4) is 5.75 Å². The van der Waals surface area contributed by atoms with Crippen molar-refractivity contribution in [1.29, 1.82) is 0 Å². The average molecular weight is 361 g/mol. The second-order valence-electron chi connectivity index (χ2n) is 4.68. The van der Waals surface area contributed by atoms with Gasteiger partial charge in [0.25, 0.3) is 0 Å². The van der Waals surface area contributed by atoms with E-state index in [1.807, 2.05) is 28.8 Å². The summed E-state index contributed by atoms with van der Waals surface area (Å²) < 4.78 is 1.82. The second kappa shape index (κ2) is 6.50. The number of rotatable bonds is 6. The number of benzene rings is 1. The van der Waals surface area contributed by atoms with Crippen LogP contribution in [-0.2, 0) is 4.79 Å². The third kappa shape index (κ3) is 3.27. The molecule has 4 nitrogen and oxygen atoms in total. The summed E-state index contributed by atoms with van der Waals surface area (Å²) in [5.74, 6) is -0.309. The SMILES string of the molecule is O=C(O)CC(CC(Br)CCl)n1cc(O)c2ccccc21. The molecule has 2 atom stereocenters. The topological polar surface area (TPSA) is 62.5 Å². The number of hydrogen-bond acceptors (Lipinski definition) is 2. The Morgan fingerprint density at radius 3 is 2.75 bits per heavy atom. The molecule has 0 aliphatic rings. The summed E-state index contributed by atoms with van der Waals surface area (Å²) >= 11 is 9.23. The van der Waals surface area contributed by atoms with Gasteiger partial charge in [-0.2, -0.15) is 0 Å². The highest BCUT2D eigenvalue weighted by Gasteiger charge is 2.21. The Hall–Kier alpha value is -1.20. The number of carboxylic acids is 1. The number of aliphatic carboxylic acids is 1. The van der Waals surface area contributed by atoms with Crippen LogP contribution in [0, 0.1) is 0 Å². The second-order valence-corrected chi connectivity index (χ2v) is 6.28. The van der Waals surface area contributed by atoms with E-state index in [-0.39, 0.29) is 23.0 Å². The molecule has 0 spiro atoms. The summed E-state index contributed by atoms with van der Waals surface area (Å²) in [6.07, 6.45) is 2.15. The number of aromatic hydroxyl groups is 1. The zero-order valence-corrected chi connectivity index (χ0v) is 13.0. The minimum atomic E-state index is -0.874. The van der Waals surface area contributed by atoms with Crippen molar-refractivity contribution in [3.05, 3.63) is 30.5 Å². The van der Waals surface area contributed by atoms with Crippen LogP contribution in [0.1, 0.15) is 18.9 Å². The molecule has 2 unspecified atom stereocenters. The first kappa shape index (κ1) is 15.2. The first-order chi connectivity index (χ1) is 9.52. The van der Waals surface area contributed by atoms with Crippen LogP contribution >= 0.6 is 27.5 Å². The van der Waals surface area contributed by atoms with Crippen LogP contribution in [0.4, 0.5) is 0 Å². The van der Waals surface area contributed by atoms with Crippen molar-refractivity contribution in [2.75, 3.05) is 5.88 Å². The number of aromatic nitrogens is 1. The number of nitrogens with zero attached hydrogens (tertiary/aromatic N) is 1. The molecule has 1 heterocycles. The third-order valence-electron chi connectivity index (χ3n) is 3.22. The number of para-hydroxylation sites is 1. The van der Waals surface area contributed by atoms with Gasteiger partial charge in [0.1, 0.15) is 5.75 Å². The molecule has 20 heavy (non-hydrogen) atoms. The highest BCUT2D eigenvalue weighted by molar-refractivity contribution is 9.09. The molecule has 2 N–H and O–H groups in total. The standard InChI is InChI=1S/C14H15BrClNO3/c15-9(7-16)5-10(6-14(19)20)17-8-13(18)11-3-1-2-4-12(11)17/h1-4,8-10,18H,5-7H2,(H,19,20). The van der Waals surface area contributed by atoms with Crippen LogP contribution in [0.25, 0.3) is 10.9 Å². The van der Waals surface area contributed by atoms with Crippen LogP contribution in [0.3, 0.4) is 0 Å². The summed E-state index contributed by atoms with van der Waals surface area (Å²) in [5, 5.41) is 19.8. The van der Waals surface area contributed by atoms with Crippen molar-refractivity contribution >= 4 is 44.4 Å². The quantitative estimate of drug-likeness (QED) is 0.771. The number of halogens is 2. The number of hydrogen-bond donors (Lipinski definition) is 2. The first-order valence-corrected chi connectivity index (χ1v) is 7.68. The van der Waals surface area contributed by atoms with Gasteiger partial charge in [0.15, 0.2) is 0 Å². The van der Waals surface area contributed by atoms with Gasteiger partial charge < -0.3 is 14.8 Å². The normalized spacial score (nSPS) is 14.3. The molecule has 0 aliphatic carbocycles. The third-order valence-corrected chi connectivity index (χ3v) is 4.66. The molecule has 0 radical (unpaired) electrons. The van der Waals surface area contributed by atoms with Crippen LogP contribution in [0.15, 0.2) is 30.5 Å². The van der Waals surface area contributed by atoms with Gasteiger partial charge >= 0.3 is 5.97 Å². The van der Waals surface area contributed by atoms with E-state index in [1.165, 1.54) is 0 Å². The van der Waals surface area contributed by atoms with Crippen LogP contribution in [0.2, 0.25) is 0 Å². The number of alkyl halides is 2. The zero-order chi connectivity index (χ0) is 14.7. The minimum Gasteiger partial charge on any atom is -0.506 e. The fraction of sp³-hybridized carbons (Fsp3) is 0.357. The van der Waals surface area contributed by atoms with E-state index in [0.717, 1.165) is 10.9 Å². The summed E-state index contributed by atoms with van der Waals surface area (Å²) in [7, 11) is 0. The monoisotopic (exact) mass is 359 g/mol. The lowest BCUT2D eigenvalue weighted by atomic mass is 10.1. The molecular weight excluding hydrogens is 346 g/mol. The Morgan fingerprint density at radius 2 is 2.10 bits per heavy atom. The van der Waals surface area contributed by atoms with E-state index in [4.69, 9.17) is 16.7 Å². The van der Waals surface area contributed by atoms with Crippen LogP contribution in [0.5, 0.6) is 5.75 Å². The molecule has 1 aromatic carbocycles. The molecule has 108 valence electrons. The lowest BCUT2D eigenvalue weighted by Crippen LogP contribution is -2.17. The molecule has 1 aromatic heterocycles. The lowest BCUT2D eigenvalue weighted by molar-refractivity contribution is -0.137.